The molecule has 2 atom stereocenters. The summed E-state index contributed by atoms with van der Waals surface area (Å²) < 4.78 is 22.5. The molecule has 1 saturated heterocycles. The molecule has 1 aliphatic rings. The van der Waals surface area contributed by atoms with E-state index in [0.717, 1.165) is 28.1 Å². The van der Waals surface area contributed by atoms with Gasteiger partial charge in [-0.15, -0.1) is 0 Å². The van der Waals surface area contributed by atoms with Gasteiger partial charge >= 0.3 is 0 Å². The molecule has 4 aromatic rings. The summed E-state index contributed by atoms with van der Waals surface area (Å²) in [6.45, 7) is 0. The molecule has 1 aliphatic heterocycles. The number of ether oxygens (including phenoxy) is 1. The van der Waals surface area contributed by atoms with E-state index in [9.17, 15) is 4.57 Å². The molecule has 0 aromatic heterocycles. The fraction of sp³-hybridized carbons (Fsp3) is 0.0385. The minimum Gasteiger partial charge on any atom is -0.457 e. The topological polar surface area (TPSA) is 41.6 Å². The van der Waals surface area contributed by atoms with E-state index in [4.69, 9.17) is 17.0 Å². The van der Waals surface area contributed by atoms with Crippen molar-refractivity contribution in [1.82, 2.24) is 5.32 Å². The van der Waals surface area contributed by atoms with E-state index < -0.39 is 13.1 Å². The van der Waals surface area contributed by atoms with Gasteiger partial charge in [-0.1, -0.05) is 66.7 Å². The molecule has 4 aromatic carbocycles. The van der Waals surface area contributed by atoms with E-state index in [2.05, 4.69) is 5.32 Å². The van der Waals surface area contributed by atoms with Crippen LogP contribution in [0.2, 0.25) is 0 Å². The predicted molar refractivity (Wildman–Crippen MR) is 134 cm³/mol. The largest absolute Gasteiger partial charge is 0.457 e. The first-order valence-electron chi connectivity index (χ1n) is 10.3. The highest BCUT2D eigenvalue weighted by Gasteiger charge is 2.50. The van der Waals surface area contributed by atoms with Crippen molar-refractivity contribution in [2.24, 2.45) is 0 Å². The lowest BCUT2D eigenvalue weighted by Crippen LogP contribution is -2.27. The second kappa shape index (κ2) is 8.62. The summed E-state index contributed by atoms with van der Waals surface area (Å²) in [4.78, 5) is 0. The number of nitrogens with one attached hydrogen (secondary N) is 1. The highest BCUT2D eigenvalue weighted by molar-refractivity contribution is 7.84. The summed E-state index contributed by atoms with van der Waals surface area (Å²) in [6.07, 6.45) is 0. The summed E-state index contributed by atoms with van der Waals surface area (Å²) in [5, 5.41) is 4.54. The van der Waals surface area contributed by atoms with Crippen molar-refractivity contribution in [2.45, 2.75) is 5.78 Å². The maximum atomic E-state index is 14.8. The number of anilines is 1. The number of benzene rings is 4. The van der Waals surface area contributed by atoms with Crippen LogP contribution in [0, 0.1) is 0 Å². The zero-order chi connectivity index (χ0) is 22.0. The van der Waals surface area contributed by atoms with Crippen molar-refractivity contribution >= 4 is 35.6 Å². The smallest absolute Gasteiger partial charge is 0.232 e. The summed E-state index contributed by atoms with van der Waals surface area (Å²) in [6, 6.07) is 36.5. The van der Waals surface area contributed by atoms with Crippen LogP contribution in [0.25, 0.3) is 0 Å². The Morgan fingerprint density at radius 2 is 1.25 bits per heavy atom. The van der Waals surface area contributed by atoms with Gasteiger partial charge in [0.25, 0.3) is 0 Å². The van der Waals surface area contributed by atoms with E-state index in [1.807, 2.05) is 115 Å². The molecule has 5 rings (SSSR count). The monoisotopic (exact) mass is 456 g/mol. The standard InChI is InChI=1S/C26H21N2O2PS/c29-31(24-14-8-3-9-15-24)25(27-26(32)28(31)21-10-4-1-5-11-21)20-16-18-23(19-17-20)30-22-12-6-2-7-13-22/h1-19,25H,(H,27,32)/t25-,31-/m1/s1. The maximum absolute atomic E-state index is 14.8. The van der Waals surface area contributed by atoms with Gasteiger partial charge in [-0.2, -0.15) is 0 Å². The summed E-state index contributed by atoms with van der Waals surface area (Å²) in [5.74, 6) is 1.02. The van der Waals surface area contributed by atoms with Crippen molar-refractivity contribution in [2.75, 3.05) is 4.67 Å². The number of nitrogens with zero attached hydrogens (tertiary/aromatic N) is 1. The van der Waals surface area contributed by atoms with Crippen LogP contribution in [0.4, 0.5) is 5.69 Å². The fourth-order valence-corrected chi connectivity index (χ4v) is 7.62. The second-order valence-corrected chi connectivity index (χ2v) is 10.5. The van der Waals surface area contributed by atoms with Crippen LogP contribution in [0.1, 0.15) is 11.3 Å². The van der Waals surface area contributed by atoms with Crippen molar-refractivity contribution in [3.63, 3.8) is 0 Å². The third kappa shape index (κ3) is 3.70. The van der Waals surface area contributed by atoms with Gasteiger partial charge in [0.1, 0.15) is 17.3 Å². The molecule has 1 fully saturated rings. The quantitative estimate of drug-likeness (QED) is 0.275. The van der Waals surface area contributed by atoms with Crippen molar-refractivity contribution in [1.29, 1.82) is 0 Å². The number of para-hydroxylation sites is 2. The lowest BCUT2D eigenvalue weighted by molar-refractivity contribution is 0.482. The van der Waals surface area contributed by atoms with Gasteiger partial charge < -0.3 is 10.1 Å². The van der Waals surface area contributed by atoms with E-state index in [-0.39, 0.29) is 0 Å². The third-order valence-corrected chi connectivity index (χ3v) is 9.03. The molecule has 1 N–H and O–H groups in total. The van der Waals surface area contributed by atoms with Crippen molar-refractivity contribution in [3.05, 3.63) is 121 Å². The van der Waals surface area contributed by atoms with Gasteiger partial charge in [-0.3, -0.25) is 9.24 Å². The molecule has 0 aliphatic carbocycles. The van der Waals surface area contributed by atoms with Gasteiger partial charge in [-0.25, -0.2) is 0 Å². The van der Waals surface area contributed by atoms with E-state index in [0.29, 0.717) is 5.11 Å². The Morgan fingerprint density at radius 3 is 1.88 bits per heavy atom. The highest BCUT2D eigenvalue weighted by atomic mass is 32.1. The molecule has 0 spiro atoms. The number of hydrogen-bond donors (Lipinski definition) is 1. The average Bonchev–Trinajstić information content (AvgIpc) is 3.12. The number of thiocarbonyl (C=S) groups is 1. The highest BCUT2D eigenvalue weighted by Crippen LogP contribution is 2.64. The van der Waals surface area contributed by atoms with Crippen LogP contribution in [0.15, 0.2) is 115 Å². The number of hydrogen-bond acceptors (Lipinski definition) is 3. The molecular formula is C26H21N2O2PS. The second-order valence-electron chi connectivity index (χ2n) is 7.44. The Balaban J connectivity index is 1.54. The Kier molecular flexibility index (Phi) is 5.52. The van der Waals surface area contributed by atoms with Crippen LogP contribution >= 0.6 is 19.5 Å². The van der Waals surface area contributed by atoms with Gasteiger partial charge in [-0.05, 0) is 66.3 Å². The first kappa shape index (κ1) is 20.5. The zero-order valence-electron chi connectivity index (χ0n) is 17.2. The average molecular weight is 457 g/mol. The molecule has 0 saturated carbocycles. The minimum absolute atomic E-state index is 0.456. The van der Waals surface area contributed by atoms with E-state index >= 15 is 0 Å². The van der Waals surface area contributed by atoms with Crippen LogP contribution in [-0.2, 0) is 4.57 Å². The molecule has 0 amide bonds. The maximum Gasteiger partial charge on any atom is 0.232 e. The Hall–Kier alpha value is -3.40. The molecule has 1 heterocycles. The SMILES string of the molecule is O=[P@]1(c2ccccc2)[C@H](c2ccc(Oc3ccccc3)cc2)NC(=S)N1c1ccccc1. The van der Waals surface area contributed by atoms with Gasteiger partial charge in [0, 0.05) is 5.30 Å². The first-order chi connectivity index (χ1) is 15.7. The lowest BCUT2D eigenvalue weighted by Gasteiger charge is -2.28. The molecule has 158 valence electrons. The molecular weight excluding hydrogens is 435 g/mol. The van der Waals surface area contributed by atoms with Gasteiger partial charge in [0.05, 0.1) is 5.69 Å². The lowest BCUT2D eigenvalue weighted by atomic mass is 10.2. The van der Waals surface area contributed by atoms with E-state index in [1.165, 1.54) is 0 Å². The molecule has 0 unspecified atom stereocenters. The summed E-state index contributed by atoms with van der Waals surface area (Å²) in [7, 11) is -3.18. The zero-order valence-corrected chi connectivity index (χ0v) is 18.9. The third-order valence-electron chi connectivity index (χ3n) is 5.40. The molecule has 0 bridgehead atoms. The Bertz CT molecular complexity index is 1270. The summed E-state index contributed by atoms with van der Waals surface area (Å²) in [5.41, 5.74) is 1.70. The molecule has 32 heavy (non-hydrogen) atoms. The Labute approximate surface area is 192 Å². The first-order valence-corrected chi connectivity index (χ1v) is 12.4. The fourth-order valence-electron chi connectivity index (χ4n) is 3.91. The molecule has 6 heteroatoms. The molecule has 0 radical (unpaired) electrons. The van der Waals surface area contributed by atoms with Crippen LogP contribution < -0.4 is 20.0 Å². The summed E-state index contributed by atoms with van der Waals surface area (Å²) >= 11 is 5.68. The minimum atomic E-state index is -3.18. The number of rotatable bonds is 5. The van der Waals surface area contributed by atoms with Crippen LogP contribution in [0.5, 0.6) is 11.5 Å². The van der Waals surface area contributed by atoms with Crippen molar-refractivity contribution in [3.8, 4) is 11.5 Å². The van der Waals surface area contributed by atoms with Crippen LogP contribution in [0.3, 0.4) is 0 Å². The van der Waals surface area contributed by atoms with Gasteiger partial charge in [0.2, 0.25) is 7.29 Å². The van der Waals surface area contributed by atoms with E-state index in [1.54, 1.807) is 4.67 Å². The normalized spacial score (nSPS) is 20.1. The Morgan fingerprint density at radius 1 is 0.719 bits per heavy atom. The van der Waals surface area contributed by atoms with Crippen molar-refractivity contribution < 1.29 is 9.30 Å². The predicted octanol–water partition coefficient (Wildman–Crippen LogP) is 6.48. The molecule has 4 nitrogen and oxygen atoms in total. The van der Waals surface area contributed by atoms with Gasteiger partial charge in [0.15, 0.2) is 5.11 Å². The van der Waals surface area contributed by atoms with Crippen LogP contribution in [-0.4, -0.2) is 5.11 Å².